The SMILES string of the molecule is CC(C)C(C)CC(=O)N1CCCC(O)C1. The molecule has 1 heterocycles. The lowest BCUT2D eigenvalue weighted by atomic mass is 9.94. The molecule has 1 N–H and O–H groups in total. The van der Waals surface area contributed by atoms with E-state index in [1.165, 1.54) is 0 Å². The molecule has 1 aliphatic heterocycles. The summed E-state index contributed by atoms with van der Waals surface area (Å²) in [5.41, 5.74) is 0. The molecule has 1 fully saturated rings. The van der Waals surface area contributed by atoms with Gasteiger partial charge in [-0.25, -0.2) is 0 Å². The second-order valence-corrected chi connectivity index (χ2v) is 5.06. The number of carbonyl (C=O) groups excluding carboxylic acids is 1. The molecule has 0 aromatic heterocycles. The van der Waals surface area contributed by atoms with Crippen molar-refractivity contribution in [1.82, 2.24) is 4.90 Å². The Morgan fingerprint density at radius 1 is 1.47 bits per heavy atom. The first-order chi connectivity index (χ1) is 7.00. The summed E-state index contributed by atoms with van der Waals surface area (Å²) >= 11 is 0. The van der Waals surface area contributed by atoms with Gasteiger partial charge in [-0.3, -0.25) is 4.79 Å². The van der Waals surface area contributed by atoms with Gasteiger partial charge in [0.2, 0.25) is 5.91 Å². The zero-order chi connectivity index (χ0) is 11.4. The summed E-state index contributed by atoms with van der Waals surface area (Å²) in [7, 11) is 0. The molecule has 15 heavy (non-hydrogen) atoms. The summed E-state index contributed by atoms with van der Waals surface area (Å²) in [4.78, 5) is 13.7. The van der Waals surface area contributed by atoms with Crippen LogP contribution in [-0.4, -0.2) is 35.1 Å². The van der Waals surface area contributed by atoms with E-state index < -0.39 is 0 Å². The van der Waals surface area contributed by atoms with Crippen molar-refractivity contribution in [3.63, 3.8) is 0 Å². The minimum Gasteiger partial charge on any atom is -0.391 e. The predicted octanol–water partition coefficient (Wildman–Crippen LogP) is 1.65. The lowest BCUT2D eigenvalue weighted by Crippen LogP contribution is -2.42. The van der Waals surface area contributed by atoms with Crippen molar-refractivity contribution < 1.29 is 9.90 Å². The largest absolute Gasteiger partial charge is 0.391 e. The minimum atomic E-state index is -0.308. The molecule has 1 amide bonds. The molecule has 1 rings (SSSR count). The molecule has 0 bridgehead atoms. The lowest BCUT2D eigenvalue weighted by Gasteiger charge is -2.31. The van der Waals surface area contributed by atoms with E-state index in [1.54, 1.807) is 0 Å². The van der Waals surface area contributed by atoms with Gasteiger partial charge < -0.3 is 10.0 Å². The lowest BCUT2D eigenvalue weighted by molar-refractivity contribution is -0.135. The molecule has 2 atom stereocenters. The molecule has 0 spiro atoms. The second kappa shape index (κ2) is 5.50. The Bertz CT molecular complexity index is 216. The molecule has 0 saturated carbocycles. The molecule has 2 unspecified atom stereocenters. The summed E-state index contributed by atoms with van der Waals surface area (Å²) in [6, 6.07) is 0. The summed E-state index contributed by atoms with van der Waals surface area (Å²) in [5, 5.41) is 9.48. The molecule has 1 aliphatic rings. The average molecular weight is 213 g/mol. The number of aliphatic hydroxyl groups is 1. The third kappa shape index (κ3) is 3.82. The van der Waals surface area contributed by atoms with Crippen LogP contribution in [0.15, 0.2) is 0 Å². The summed E-state index contributed by atoms with van der Waals surface area (Å²) in [5.74, 6) is 1.18. The van der Waals surface area contributed by atoms with E-state index >= 15 is 0 Å². The monoisotopic (exact) mass is 213 g/mol. The normalized spacial score (nSPS) is 24.3. The van der Waals surface area contributed by atoms with Crippen molar-refractivity contribution in [3.05, 3.63) is 0 Å². The van der Waals surface area contributed by atoms with Gasteiger partial charge in [-0.1, -0.05) is 20.8 Å². The molecule has 1 saturated heterocycles. The van der Waals surface area contributed by atoms with E-state index in [-0.39, 0.29) is 12.0 Å². The van der Waals surface area contributed by atoms with Crippen molar-refractivity contribution in [1.29, 1.82) is 0 Å². The van der Waals surface area contributed by atoms with Crippen molar-refractivity contribution in [2.75, 3.05) is 13.1 Å². The molecule has 0 aromatic rings. The number of amides is 1. The Morgan fingerprint density at radius 3 is 2.67 bits per heavy atom. The Kier molecular flexibility index (Phi) is 4.58. The molecule has 3 heteroatoms. The third-order valence-corrected chi connectivity index (χ3v) is 3.38. The van der Waals surface area contributed by atoms with Gasteiger partial charge in [0.1, 0.15) is 0 Å². The highest BCUT2D eigenvalue weighted by atomic mass is 16.3. The van der Waals surface area contributed by atoms with Crippen molar-refractivity contribution in [2.24, 2.45) is 11.8 Å². The molecular weight excluding hydrogens is 190 g/mol. The number of hydrogen-bond donors (Lipinski definition) is 1. The third-order valence-electron chi connectivity index (χ3n) is 3.38. The van der Waals surface area contributed by atoms with E-state index in [0.717, 1.165) is 19.4 Å². The quantitative estimate of drug-likeness (QED) is 0.774. The summed E-state index contributed by atoms with van der Waals surface area (Å²) < 4.78 is 0. The highest BCUT2D eigenvalue weighted by molar-refractivity contribution is 5.76. The number of aliphatic hydroxyl groups excluding tert-OH is 1. The zero-order valence-electron chi connectivity index (χ0n) is 10.1. The number of β-amino-alcohol motifs (C(OH)–C–C–N with tert-alkyl or cyclic N) is 1. The maximum atomic E-state index is 11.9. The average Bonchev–Trinajstić information content (AvgIpc) is 2.17. The number of carbonyl (C=O) groups is 1. The highest BCUT2D eigenvalue weighted by Crippen LogP contribution is 2.17. The summed E-state index contributed by atoms with van der Waals surface area (Å²) in [6.45, 7) is 7.75. The van der Waals surface area contributed by atoms with Gasteiger partial charge in [-0.15, -0.1) is 0 Å². The molecule has 0 aliphatic carbocycles. The topological polar surface area (TPSA) is 40.5 Å². The van der Waals surface area contributed by atoms with Gasteiger partial charge in [0, 0.05) is 19.5 Å². The van der Waals surface area contributed by atoms with E-state index in [4.69, 9.17) is 0 Å². The Hall–Kier alpha value is -0.570. The summed E-state index contributed by atoms with van der Waals surface area (Å²) in [6.07, 6.45) is 2.08. The Balaban J connectivity index is 2.39. The van der Waals surface area contributed by atoms with Crippen LogP contribution in [0.5, 0.6) is 0 Å². The van der Waals surface area contributed by atoms with E-state index in [0.29, 0.717) is 24.8 Å². The maximum Gasteiger partial charge on any atom is 0.222 e. The number of piperidine rings is 1. The van der Waals surface area contributed by atoms with Gasteiger partial charge in [0.25, 0.3) is 0 Å². The smallest absolute Gasteiger partial charge is 0.222 e. The van der Waals surface area contributed by atoms with Crippen LogP contribution < -0.4 is 0 Å². The van der Waals surface area contributed by atoms with Gasteiger partial charge >= 0.3 is 0 Å². The number of hydrogen-bond acceptors (Lipinski definition) is 2. The minimum absolute atomic E-state index is 0.204. The number of likely N-dealkylation sites (tertiary alicyclic amines) is 1. The highest BCUT2D eigenvalue weighted by Gasteiger charge is 2.23. The van der Waals surface area contributed by atoms with Gasteiger partial charge in [0.05, 0.1) is 6.10 Å². The van der Waals surface area contributed by atoms with Gasteiger partial charge in [0.15, 0.2) is 0 Å². The van der Waals surface area contributed by atoms with E-state index in [9.17, 15) is 9.90 Å². The fourth-order valence-electron chi connectivity index (χ4n) is 1.82. The van der Waals surface area contributed by atoms with E-state index in [2.05, 4.69) is 20.8 Å². The second-order valence-electron chi connectivity index (χ2n) is 5.06. The first kappa shape index (κ1) is 12.5. The molecule has 3 nitrogen and oxygen atoms in total. The number of rotatable bonds is 3. The Morgan fingerprint density at radius 2 is 2.13 bits per heavy atom. The van der Waals surface area contributed by atoms with Crippen LogP contribution in [0.2, 0.25) is 0 Å². The van der Waals surface area contributed by atoms with Crippen LogP contribution in [0, 0.1) is 11.8 Å². The molecule has 0 aromatic carbocycles. The van der Waals surface area contributed by atoms with Crippen LogP contribution in [0.3, 0.4) is 0 Å². The maximum absolute atomic E-state index is 11.9. The van der Waals surface area contributed by atoms with Crippen LogP contribution in [0.4, 0.5) is 0 Å². The van der Waals surface area contributed by atoms with Crippen molar-refractivity contribution in [2.45, 2.75) is 46.1 Å². The predicted molar refractivity (Wildman–Crippen MR) is 60.4 cm³/mol. The van der Waals surface area contributed by atoms with Crippen molar-refractivity contribution in [3.8, 4) is 0 Å². The van der Waals surface area contributed by atoms with E-state index in [1.807, 2.05) is 4.90 Å². The fraction of sp³-hybridized carbons (Fsp3) is 0.917. The van der Waals surface area contributed by atoms with Gasteiger partial charge in [-0.05, 0) is 24.7 Å². The fourth-order valence-corrected chi connectivity index (χ4v) is 1.82. The van der Waals surface area contributed by atoms with Crippen LogP contribution in [0.25, 0.3) is 0 Å². The van der Waals surface area contributed by atoms with Gasteiger partial charge in [-0.2, -0.15) is 0 Å². The zero-order valence-corrected chi connectivity index (χ0v) is 10.1. The molecular formula is C12H23NO2. The first-order valence-electron chi connectivity index (χ1n) is 5.96. The molecule has 88 valence electrons. The number of nitrogens with zero attached hydrogens (tertiary/aromatic N) is 1. The van der Waals surface area contributed by atoms with Crippen molar-refractivity contribution >= 4 is 5.91 Å². The first-order valence-corrected chi connectivity index (χ1v) is 5.96. The van der Waals surface area contributed by atoms with Crippen LogP contribution >= 0.6 is 0 Å². The van der Waals surface area contributed by atoms with Crippen LogP contribution in [0.1, 0.15) is 40.0 Å². The standard InChI is InChI=1S/C12H23NO2/c1-9(2)10(3)7-12(15)13-6-4-5-11(14)8-13/h9-11,14H,4-8H2,1-3H3. The Labute approximate surface area is 92.5 Å². The van der Waals surface area contributed by atoms with Crippen LogP contribution in [-0.2, 0) is 4.79 Å². The molecule has 0 radical (unpaired) electrons.